The Morgan fingerprint density at radius 2 is 1.45 bits per heavy atom. The minimum absolute atomic E-state index is 0.0667. The van der Waals surface area contributed by atoms with Crippen molar-refractivity contribution in [3.05, 3.63) is 84.4 Å². The molecule has 1 heterocycles. The highest BCUT2D eigenvalue weighted by Gasteiger charge is 2.27. The molecular weight excluding hydrogens is 440 g/mol. The van der Waals surface area contributed by atoms with E-state index >= 15 is 0 Å². The van der Waals surface area contributed by atoms with Crippen LogP contribution < -0.4 is 14.2 Å². The summed E-state index contributed by atoms with van der Waals surface area (Å²) in [5, 5.41) is 9.96. The summed E-state index contributed by atoms with van der Waals surface area (Å²) in [5.74, 6) is 0.883. The zero-order chi connectivity index (χ0) is 23.4. The molecule has 0 fully saturated rings. The van der Waals surface area contributed by atoms with E-state index in [0.717, 1.165) is 5.56 Å². The number of ether oxygens (including phenoxy) is 2. The molecular formula is C25H20N2O5S. The maximum absolute atomic E-state index is 13.2. The highest BCUT2D eigenvalue weighted by atomic mass is 32.2. The second-order valence-corrected chi connectivity index (χ2v) is 8.66. The van der Waals surface area contributed by atoms with E-state index in [1.807, 2.05) is 60.7 Å². The number of nitriles is 1. The van der Waals surface area contributed by atoms with E-state index in [1.54, 1.807) is 0 Å². The van der Waals surface area contributed by atoms with Crippen molar-refractivity contribution >= 4 is 15.9 Å². The molecule has 0 radical (unpaired) electrons. The van der Waals surface area contributed by atoms with Crippen molar-refractivity contribution in [1.29, 1.82) is 5.26 Å². The monoisotopic (exact) mass is 460 g/mol. The number of anilines is 1. The Bertz CT molecular complexity index is 1420. The number of furan rings is 1. The van der Waals surface area contributed by atoms with Crippen LogP contribution in [0, 0.1) is 11.3 Å². The van der Waals surface area contributed by atoms with Crippen molar-refractivity contribution in [2.24, 2.45) is 0 Å². The average Bonchev–Trinajstić information content (AvgIpc) is 3.22. The van der Waals surface area contributed by atoms with E-state index in [9.17, 15) is 13.7 Å². The molecule has 0 spiro atoms. The lowest BCUT2D eigenvalue weighted by Gasteiger charge is -2.10. The van der Waals surface area contributed by atoms with Crippen molar-refractivity contribution in [3.8, 4) is 40.0 Å². The summed E-state index contributed by atoms with van der Waals surface area (Å²) in [7, 11) is -1.22. The average molecular weight is 461 g/mol. The molecule has 0 atom stereocenters. The number of benzene rings is 3. The Morgan fingerprint density at radius 1 is 0.848 bits per heavy atom. The minimum Gasteiger partial charge on any atom is -0.493 e. The third-order valence-electron chi connectivity index (χ3n) is 5.01. The van der Waals surface area contributed by atoms with Gasteiger partial charge in [-0.2, -0.15) is 5.26 Å². The van der Waals surface area contributed by atoms with E-state index in [1.165, 1.54) is 32.4 Å². The summed E-state index contributed by atoms with van der Waals surface area (Å²) in [6, 6.07) is 24.7. The lowest BCUT2D eigenvalue weighted by Crippen LogP contribution is -2.13. The third kappa shape index (κ3) is 4.27. The molecule has 0 unspecified atom stereocenters. The normalized spacial score (nSPS) is 10.9. The fourth-order valence-electron chi connectivity index (χ4n) is 3.45. The molecule has 0 saturated heterocycles. The van der Waals surface area contributed by atoms with E-state index in [-0.39, 0.29) is 22.1 Å². The van der Waals surface area contributed by atoms with Gasteiger partial charge in [-0.15, -0.1) is 0 Å². The van der Waals surface area contributed by atoms with Gasteiger partial charge in [0.1, 0.15) is 17.4 Å². The lowest BCUT2D eigenvalue weighted by molar-refractivity contribution is 0.354. The van der Waals surface area contributed by atoms with Crippen LogP contribution >= 0.6 is 0 Å². The number of nitrogens with one attached hydrogen (secondary N) is 1. The molecule has 0 aliphatic heterocycles. The Balaban J connectivity index is 1.85. The first kappa shape index (κ1) is 22.0. The second-order valence-electron chi connectivity index (χ2n) is 6.98. The SMILES string of the molecule is COc1ccc(S(=O)(=O)Nc2oc(-c3ccccc3)c(-c3ccccc3)c2C#N)cc1OC. The fraction of sp³-hybridized carbons (Fsp3) is 0.0800. The first-order valence-corrected chi connectivity index (χ1v) is 11.4. The molecule has 0 aliphatic carbocycles. The van der Waals surface area contributed by atoms with E-state index < -0.39 is 10.0 Å². The Hall–Kier alpha value is -4.22. The molecule has 3 aromatic carbocycles. The molecule has 4 rings (SSSR count). The topological polar surface area (TPSA) is 102 Å². The van der Waals surface area contributed by atoms with Gasteiger partial charge in [0.2, 0.25) is 5.88 Å². The summed E-state index contributed by atoms with van der Waals surface area (Å²) in [4.78, 5) is -0.0667. The van der Waals surface area contributed by atoms with Crippen LogP contribution in [0.15, 0.2) is 88.2 Å². The molecule has 33 heavy (non-hydrogen) atoms. The summed E-state index contributed by atoms with van der Waals surface area (Å²) in [6.45, 7) is 0. The maximum Gasteiger partial charge on any atom is 0.264 e. The van der Waals surface area contributed by atoms with Crippen LogP contribution in [0.1, 0.15) is 5.56 Å². The third-order valence-corrected chi connectivity index (χ3v) is 6.34. The van der Waals surface area contributed by atoms with Gasteiger partial charge in [0.25, 0.3) is 10.0 Å². The molecule has 0 saturated carbocycles. The summed E-state index contributed by atoms with van der Waals surface area (Å²) in [6.07, 6.45) is 0. The number of rotatable bonds is 7. The Labute approximate surface area is 191 Å². The van der Waals surface area contributed by atoms with Gasteiger partial charge in [0.05, 0.1) is 19.1 Å². The molecule has 1 N–H and O–H groups in total. The van der Waals surface area contributed by atoms with Gasteiger partial charge >= 0.3 is 0 Å². The van der Waals surface area contributed by atoms with Crippen LogP contribution in [0.4, 0.5) is 5.88 Å². The van der Waals surface area contributed by atoms with Gasteiger partial charge in [-0.25, -0.2) is 13.1 Å². The van der Waals surface area contributed by atoms with Crippen LogP contribution in [-0.4, -0.2) is 22.6 Å². The van der Waals surface area contributed by atoms with Crippen LogP contribution in [0.3, 0.4) is 0 Å². The summed E-state index contributed by atoms with van der Waals surface area (Å²) < 4.78 is 45.1. The predicted octanol–water partition coefficient (Wildman–Crippen LogP) is 5.30. The molecule has 0 bridgehead atoms. The minimum atomic E-state index is -4.10. The first-order chi connectivity index (χ1) is 16.0. The molecule has 0 aliphatic rings. The highest BCUT2D eigenvalue weighted by molar-refractivity contribution is 7.92. The van der Waals surface area contributed by atoms with E-state index in [2.05, 4.69) is 10.8 Å². The Kier molecular flexibility index (Phi) is 6.07. The van der Waals surface area contributed by atoms with Gasteiger partial charge in [-0.3, -0.25) is 0 Å². The molecule has 166 valence electrons. The number of sulfonamides is 1. The van der Waals surface area contributed by atoms with Crippen LogP contribution in [0.5, 0.6) is 11.5 Å². The smallest absolute Gasteiger partial charge is 0.264 e. The Morgan fingerprint density at radius 3 is 2.03 bits per heavy atom. The largest absolute Gasteiger partial charge is 0.493 e. The number of hydrogen-bond donors (Lipinski definition) is 1. The van der Waals surface area contributed by atoms with Crippen molar-refractivity contribution < 1.29 is 22.3 Å². The maximum atomic E-state index is 13.2. The molecule has 0 amide bonds. The van der Waals surface area contributed by atoms with Crippen LogP contribution in [0.25, 0.3) is 22.5 Å². The molecule has 8 heteroatoms. The molecule has 1 aromatic heterocycles. The quantitative estimate of drug-likeness (QED) is 0.401. The van der Waals surface area contributed by atoms with Crippen LogP contribution in [-0.2, 0) is 10.0 Å². The van der Waals surface area contributed by atoms with E-state index in [0.29, 0.717) is 22.6 Å². The second kappa shape index (κ2) is 9.10. The number of hydrogen-bond acceptors (Lipinski definition) is 6. The van der Waals surface area contributed by atoms with Gasteiger partial charge < -0.3 is 13.9 Å². The van der Waals surface area contributed by atoms with Crippen molar-refractivity contribution in [3.63, 3.8) is 0 Å². The standard InChI is InChI=1S/C25H20N2O5S/c1-30-21-14-13-19(15-22(21)31-2)33(28,29)27-25-20(16-26)23(17-9-5-3-6-10-17)24(32-25)18-11-7-4-8-12-18/h3-15,27H,1-2H3. The fourth-order valence-corrected chi connectivity index (χ4v) is 4.46. The summed E-state index contributed by atoms with van der Waals surface area (Å²) in [5.41, 5.74) is 2.04. The van der Waals surface area contributed by atoms with Gasteiger partial charge in [-0.1, -0.05) is 60.7 Å². The van der Waals surface area contributed by atoms with Gasteiger partial charge in [-0.05, 0) is 17.7 Å². The zero-order valence-electron chi connectivity index (χ0n) is 17.9. The summed E-state index contributed by atoms with van der Waals surface area (Å²) >= 11 is 0. The van der Waals surface area contributed by atoms with Gasteiger partial charge in [0.15, 0.2) is 11.5 Å². The highest BCUT2D eigenvalue weighted by Crippen LogP contribution is 2.42. The number of methoxy groups -OCH3 is 2. The lowest BCUT2D eigenvalue weighted by atomic mass is 9.98. The van der Waals surface area contributed by atoms with Crippen molar-refractivity contribution in [2.45, 2.75) is 4.90 Å². The molecule has 7 nitrogen and oxygen atoms in total. The predicted molar refractivity (Wildman–Crippen MR) is 125 cm³/mol. The zero-order valence-corrected chi connectivity index (χ0v) is 18.7. The first-order valence-electron chi connectivity index (χ1n) is 9.91. The number of nitrogens with zero attached hydrogens (tertiary/aromatic N) is 1. The van der Waals surface area contributed by atoms with Gasteiger partial charge in [0, 0.05) is 17.2 Å². The van der Waals surface area contributed by atoms with E-state index in [4.69, 9.17) is 13.9 Å². The van der Waals surface area contributed by atoms with Crippen molar-refractivity contribution in [2.75, 3.05) is 18.9 Å². The van der Waals surface area contributed by atoms with Crippen LogP contribution in [0.2, 0.25) is 0 Å². The van der Waals surface area contributed by atoms with Crippen molar-refractivity contribution in [1.82, 2.24) is 0 Å². The molecule has 4 aromatic rings.